The van der Waals surface area contributed by atoms with E-state index in [1.165, 1.54) is 13.0 Å². The highest BCUT2D eigenvalue weighted by Gasteiger charge is 2.47. The van der Waals surface area contributed by atoms with Crippen molar-refractivity contribution in [2.24, 2.45) is 10.6 Å². The van der Waals surface area contributed by atoms with Crippen LogP contribution in [0.15, 0.2) is 29.4 Å². The van der Waals surface area contributed by atoms with E-state index in [0.29, 0.717) is 43.6 Å². The number of carbonyl (C=O) groups is 2. The zero-order valence-electron chi connectivity index (χ0n) is 15.7. The van der Waals surface area contributed by atoms with Gasteiger partial charge in [0.25, 0.3) is 0 Å². The first kappa shape index (κ1) is 19.3. The van der Waals surface area contributed by atoms with Crippen molar-refractivity contribution in [3.63, 3.8) is 0 Å². The number of hydrogen-bond acceptors (Lipinski definition) is 5. The molecule has 3 rings (SSSR count). The van der Waals surface area contributed by atoms with E-state index in [2.05, 4.69) is 5.16 Å². The van der Waals surface area contributed by atoms with Crippen LogP contribution in [-0.2, 0) is 19.2 Å². The number of oxime groups is 1. The van der Waals surface area contributed by atoms with Crippen molar-refractivity contribution in [1.82, 2.24) is 4.90 Å². The third kappa shape index (κ3) is 4.12. The summed E-state index contributed by atoms with van der Waals surface area (Å²) in [5.41, 5.74) is 0.140. The number of likely N-dealkylation sites (tertiary alicyclic amines) is 1. The molecule has 27 heavy (non-hydrogen) atoms. The highest BCUT2D eigenvalue weighted by Crippen LogP contribution is 2.39. The average Bonchev–Trinajstić information content (AvgIpc) is 3.10. The van der Waals surface area contributed by atoms with Gasteiger partial charge in [-0.25, -0.2) is 4.39 Å². The molecular weight excluding hydrogens is 351 g/mol. The molecule has 146 valence electrons. The summed E-state index contributed by atoms with van der Waals surface area (Å²) in [7, 11) is 0. The summed E-state index contributed by atoms with van der Waals surface area (Å²) >= 11 is 0. The third-order valence-corrected chi connectivity index (χ3v) is 5.27. The van der Waals surface area contributed by atoms with Gasteiger partial charge in [0.05, 0.1) is 17.7 Å². The number of rotatable bonds is 5. The fourth-order valence-electron chi connectivity index (χ4n) is 3.93. The lowest BCUT2D eigenvalue weighted by Gasteiger charge is -2.41. The number of amides is 1. The predicted molar refractivity (Wildman–Crippen MR) is 97.6 cm³/mol. The number of hydrogen-bond donors (Lipinski definition) is 0. The molecule has 0 N–H and O–H groups in total. The summed E-state index contributed by atoms with van der Waals surface area (Å²) < 4.78 is 19.3. The number of piperidine rings is 1. The molecule has 6 nitrogen and oxygen atoms in total. The quantitative estimate of drug-likeness (QED) is 0.741. The smallest absolute Gasteiger partial charge is 0.314 e. The van der Waals surface area contributed by atoms with Crippen LogP contribution in [0.1, 0.15) is 45.1 Å². The molecule has 0 aromatic heterocycles. The molecule has 1 saturated heterocycles. The molecular formula is C20H25FN2O4. The summed E-state index contributed by atoms with van der Waals surface area (Å²) in [6, 6.07) is 6.43. The van der Waals surface area contributed by atoms with E-state index in [-0.39, 0.29) is 30.4 Å². The van der Waals surface area contributed by atoms with Gasteiger partial charge in [-0.15, -0.1) is 0 Å². The van der Waals surface area contributed by atoms with E-state index in [1.54, 1.807) is 30.0 Å². The lowest BCUT2D eigenvalue weighted by Crippen LogP contribution is -2.51. The van der Waals surface area contributed by atoms with Crippen LogP contribution in [-0.4, -0.2) is 48.3 Å². The molecule has 1 amide bonds. The van der Waals surface area contributed by atoms with Crippen LogP contribution in [0, 0.1) is 11.2 Å². The zero-order chi connectivity index (χ0) is 19.4. The molecule has 0 bridgehead atoms. The van der Waals surface area contributed by atoms with Gasteiger partial charge in [-0.1, -0.05) is 23.4 Å². The van der Waals surface area contributed by atoms with Gasteiger partial charge in [0.2, 0.25) is 5.91 Å². The number of nitrogens with zero attached hydrogens (tertiary/aromatic N) is 2. The monoisotopic (exact) mass is 376 g/mol. The molecule has 0 aliphatic carbocycles. The van der Waals surface area contributed by atoms with Crippen molar-refractivity contribution in [1.29, 1.82) is 0 Å². The third-order valence-electron chi connectivity index (χ3n) is 5.27. The SMILES string of the molecule is CCOC(=O)C1(CC2CC(c3ccccc3F)=NO2)CCCN(C(C)=O)C1. The highest BCUT2D eigenvalue weighted by molar-refractivity contribution is 6.01. The van der Waals surface area contributed by atoms with Crippen LogP contribution in [0.4, 0.5) is 4.39 Å². The van der Waals surface area contributed by atoms with Crippen molar-refractivity contribution in [2.75, 3.05) is 19.7 Å². The second-order valence-corrected chi connectivity index (χ2v) is 7.20. The second kappa shape index (κ2) is 8.06. The largest absolute Gasteiger partial charge is 0.466 e. The molecule has 1 aromatic rings. The molecule has 2 heterocycles. The van der Waals surface area contributed by atoms with E-state index in [4.69, 9.17) is 9.57 Å². The molecule has 7 heteroatoms. The van der Waals surface area contributed by atoms with E-state index in [0.717, 1.165) is 6.42 Å². The maximum absolute atomic E-state index is 14.0. The minimum Gasteiger partial charge on any atom is -0.466 e. The van der Waals surface area contributed by atoms with E-state index in [9.17, 15) is 14.0 Å². The maximum atomic E-state index is 14.0. The van der Waals surface area contributed by atoms with Crippen LogP contribution < -0.4 is 0 Å². The predicted octanol–water partition coefficient (Wildman–Crippen LogP) is 2.90. The van der Waals surface area contributed by atoms with Crippen LogP contribution in [0.25, 0.3) is 0 Å². The second-order valence-electron chi connectivity index (χ2n) is 7.20. The number of carbonyl (C=O) groups excluding carboxylic acids is 2. The molecule has 2 aliphatic rings. The van der Waals surface area contributed by atoms with Crippen molar-refractivity contribution in [3.8, 4) is 0 Å². The first-order chi connectivity index (χ1) is 12.9. The molecule has 2 aliphatic heterocycles. The minimum absolute atomic E-state index is 0.0565. The normalized spacial score (nSPS) is 24.9. The number of benzene rings is 1. The Morgan fingerprint density at radius 3 is 2.89 bits per heavy atom. The van der Waals surface area contributed by atoms with Gasteiger partial charge < -0.3 is 14.5 Å². The Bertz CT molecular complexity index is 751. The van der Waals surface area contributed by atoms with Gasteiger partial charge in [0.15, 0.2) is 0 Å². The Labute approximate surface area is 158 Å². The molecule has 0 radical (unpaired) electrons. The van der Waals surface area contributed by atoms with Gasteiger partial charge in [0, 0.05) is 38.4 Å². The molecule has 2 atom stereocenters. The highest BCUT2D eigenvalue weighted by atomic mass is 19.1. The van der Waals surface area contributed by atoms with E-state index >= 15 is 0 Å². The lowest BCUT2D eigenvalue weighted by molar-refractivity contribution is -0.163. The van der Waals surface area contributed by atoms with Crippen molar-refractivity contribution >= 4 is 17.6 Å². The van der Waals surface area contributed by atoms with Gasteiger partial charge >= 0.3 is 5.97 Å². The topological polar surface area (TPSA) is 68.2 Å². The standard InChI is InChI=1S/C20H25FN2O4/c1-3-26-19(25)20(9-6-10-23(13-20)14(2)24)12-15-11-18(22-27-15)16-7-4-5-8-17(16)21/h4-5,7-8,15H,3,6,9-13H2,1-2H3. The number of esters is 1. The summed E-state index contributed by atoms with van der Waals surface area (Å²) in [6.45, 7) is 4.51. The lowest BCUT2D eigenvalue weighted by atomic mass is 9.74. The first-order valence-electron chi connectivity index (χ1n) is 9.35. The summed E-state index contributed by atoms with van der Waals surface area (Å²) in [5.74, 6) is -0.709. The fourth-order valence-corrected chi connectivity index (χ4v) is 3.93. The molecule has 1 fully saturated rings. The Hall–Kier alpha value is -2.44. The molecule has 0 saturated carbocycles. The molecule has 2 unspecified atom stereocenters. The molecule has 0 spiro atoms. The fraction of sp³-hybridized carbons (Fsp3) is 0.550. The summed E-state index contributed by atoms with van der Waals surface area (Å²) in [6.07, 6.45) is 1.81. The molecule has 1 aromatic carbocycles. The van der Waals surface area contributed by atoms with Gasteiger partial charge in [-0.05, 0) is 25.8 Å². The maximum Gasteiger partial charge on any atom is 0.314 e. The van der Waals surface area contributed by atoms with Gasteiger partial charge in [-0.3, -0.25) is 9.59 Å². The van der Waals surface area contributed by atoms with E-state index < -0.39 is 5.41 Å². The van der Waals surface area contributed by atoms with Crippen molar-refractivity contribution < 1.29 is 23.6 Å². The van der Waals surface area contributed by atoms with Crippen LogP contribution in [0.3, 0.4) is 0 Å². The Balaban J connectivity index is 1.75. The van der Waals surface area contributed by atoms with Crippen LogP contribution in [0.2, 0.25) is 0 Å². The first-order valence-corrected chi connectivity index (χ1v) is 9.35. The Morgan fingerprint density at radius 2 is 2.19 bits per heavy atom. The zero-order valence-corrected chi connectivity index (χ0v) is 15.7. The van der Waals surface area contributed by atoms with Gasteiger partial charge in [0.1, 0.15) is 11.9 Å². The Morgan fingerprint density at radius 1 is 1.41 bits per heavy atom. The number of halogens is 1. The van der Waals surface area contributed by atoms with Crippen molar-refractivity contribution in [3.05, 3.63) is 35.6 Å². The summed E-state index contributed by atoms with van der Waals surface area (Å²) in [4.78, 5) is 31.9. The van der Waals surface area contributed by atoms with E-state index in [1.807, 2.05) is 0 Å². The van der Waals surface area contributed by atoms with Crippen LogP contribution in [0.5, 0.6) is 0 Å². The Kier molecular flexibility index (Phi) is 5.77. The minimum atomic E-state index is -0.815. The summed E-state index contributed by atoms with van der Waals surface area (Å²) in [5, 5.41) is 4.05. The van der Waals surface area contributed by atoms with Crippen molar-refractivity contribution in [2.45, 2.75) is 45.6 Å². The van der Waals surface area contributed by atoms with Gasteiger partial charge in [-0.2, -0.15) is 0 Å². The average molecular weight is 376 g/mol. The number of ether oxygens (including phenoxy) is 1. The van der Waals surface area contributed by atoms with Crippen LogP contribution >= 0.6 is 0 Å².